The van der Waals surface area contributed by atoms with Crippen LogP contribution in [-0.4, -0.2) is 61.8 Å². The minimum Gasteiger partial charge on any atom is -0.331 e. The number of benzene rings is 1. The Kier molecular flexibility index (Phi) is 5.46. The zero-order valence-corrected chi connectivity index (χ0v) is 15.8. The summed E-state index contributed by atoms with van der Waals surface area (Å²) in [5.41, 5.74) is 0.567. The van der Waals surface area contributed by atoms with Crippen LogP contribution in [0.5, 0.6) is 0 Å². The Bertz CT molecular complexity index is 700. The molecule has 2 fully saturated rings. The Balaban J connectivity index is 1.82. The van der Waals surface area contributed by atoms with Gasteiger partial charge in [-0.1, -0.05) is 13.8 Å². The quantitative estimate of drug-likeness (QED) is 0.862. The van der Waals surface area contributed by atoms with Gasteiger partial charge >= 0.3 is 0 Å². The molecule has 0 spiro atoms. The maximum atomic E-state index is 13.0. The van der Waals surface area contributed by atoms with E-state index in [1.54, 1.807) is 24.3 Å². The summed E-state index contributed by atoms with van der Waals surface area (Å²) < 4.78 is 26.5. The SMILES string of the molecule is CCN(CC)S(=O)(=O)c1ccc(C(=O)N2C3CCNCC2CC3)cc1. The van der Waals surface area contributed by atoms with Crippen molar-refractivity contribution >= 4 is 15.9 Å². The van der Waals surface area contributed by atoms with E-state index >= 15 is 0 Å². The van der Waals surface area contributed by atoms with Gasteiger partial charge in [-0.25, -0.2) is 8.42 Å². The van der Waals surface area contributed by atoms with Crippen molar-refractivity contribution in [1.82, 2.24) is 14.5 Å². The second kappa shape index (κ2) is 7.43. The molecule has 2 heterocycles. The highest BCUT2D eigenvalue weighted by atomic mass is 32.2. The molecule has 2 atom stereocenters. The van der Waals surface area contributed by atoms with Crippen LogP contribution in [-0.2, 0) is 10.0 Å². The molecule has 2 unspecified atom stereocenters. The average molecular weight is 365 g/mol. The number of hydrogen-bond donors (Lipinski definition) is 1. The molecule has 0 saturated carbocycles. The molecule has 2 bridgehead atoms. The smallest absolute Gasteiger partial charge is 0.254 e. The van der Waals surface area contributed by atoms with Crippen LogP contribution in [0.15, 0.2) is 29.2 Å². The molecular weight excluding hydrogens is 338 g/mol. The van der Waals surface area contributed by atoms with Crippen LogP contribution in [0.2, 0.25) is 0 Å². The van der Waals surface area contributed by atoms with E-state index < -0.39 is 10.0 Å². The monoisotopic (exact) mass is 365 g/mol. The van der Waals surface area contributed by atoms with Crippen LogP contribution < -0.4 is 5.32 Å². The van der Waals surface area contributed by atoms with Crippen LogP contribution in [0, 0.1) is 0 Å². The maximum absolute atomic E-state index is 13.0. The van der Waals surface area contributed by atoms with Crippen LogP contribution in [0.1, 0.15) is 43.5 Å². The lowest BCUT2D eigenvalue weighted by atomic mass is 10.1. The van der Waals surface area contributed by atoms with Gasteiger partial charge in [-0.15, -0.1) is 0 Å². The molecule has 2 aliphatic rings. The van der Waals surface area contributed by atoms with Gasteiger partial charge in [-0.05, 0) is 50.1 Å². The largest absolute Gasteiger partial charge is 0.331 e. The van der Waals surface area contributed by atoms with Gasteiger partial charge in [0.1, 0.15) is 0 Å². The molecule has 25 heavy (non-hydrogen) atoms. The molecule has 1 aromatic rings. The molecule has 1 N–H and O–H groups in total. The molecule has 7 heteroatoms. The minimum absolute atomic E-state index is 0.0167. The topological polar surface area (TPSA) is 69.7 Å². The Morgan fingerprint density at radius 3 is 2.40 bits per heavy atom. The second-order valence-electron chi connectivity index (χ2n) is 6.70. The standard InChI is InChI=1S/C18H27N3O3S/c1-3-20(4-2)25(23,24)17-9-5-14(6-10-17)18(22)21-15-7-8-16(21)13-19-12-11-15/h5-6,9-10,15-16,19H,3-4,7-8,11-13H2,1-2H3. The lowest BCUT2D eigenvalue weighted by Crippen LogP contribution is -2.42. The Morgan fingerprint density at radius 1 is 1.12 bits per heavy atom. The summed E-state index contributed by atoms with van der Waals surface area (Å²) >= 11 is 0. The minimum atomic E-state index is -3.49. The lowest BCUT2D eigenvalue weighted by Gasteiger charge is -2.28. The van der Waals surface area contributed by atoms with Gasteiger partial charge in [-0.3, -0.25) is 4.79 Å². The molecular formula is C18H27N3O3S. The van der Waals surface area contributed by atoms with Crippen LogP contribution in [0.25, 0.3) is 0 Å². The van der Waals surface area contributed by atoms with Crippen LogP contribution in [0.4, 0.5) is 0 Å². The van der Waals surface area contributed by atoms with Crippen LogP contribution in [0.3, 0.4) is 0 Å². The first-order valence-corrected chi connectivity index (χ1v) is 10.6. The molecule has 0 aromatic heterocycles. The van der Waals surface area contributed by atoms with E-state index in [0.717, 1.165) is 32.4 Å². The first kappa shape index (κ1) is 18.4. The van der Waals surface area contributed by atoms with E-state index in [-0.39, 0.29) is 16.8 Å². The Hall–Kier alpha value is -1.44. The predicted molar refractivity (Wildman–Crippen MR) is 97.0 cm³/mol. The van der Waals surface area contributed by atoms with E-state index in [1.807, 2.05) is 18.7 Å². The van der Waals surface area contributed by atoms with E-state index in [9.17, 15) is 13.2 Å². The van der Waals surface area contributed by atoms with Gasteiger partial charge in [-0.2, -0.15) is 4.31 Å². The van der Waals surface area contributed by atoms with Gasteiger partial charge in [0, 0.05) is 37.3 Å². The Labute approximate surface area is 150 Å². The number of carbonyl (C=O) groups is 1. The normalized spacial score (nSPS) is 23.7. The Morgan fingerprint density at radius 2 is 1.76 bits per heavy atom. The first-order valence-electron chi connectivity index (χ1n) is 9.12. The summed E-state index contributed by atoms with van der Waals surface area (Å²) in [6, 6.07) is 6.95. The zero-order valence-electron chi connectivity index (χ0n) is 14.9. The number of rotatable bonds is 5. The van der Waals surface area contributed by atoms with Crippen molar-refractivity contribution in [1.29, 1.82) is 0 Å². The number of nitrogens with zero attached hydrogens (tertiary/aromatic N) is 2. The molecule has 6 nitrogen and oxygen atoms in total. The lowest BCUT2D eigenvalue weighted by molar-refractivity contribution is 0.0680. The van der Waals surface area contributed by atoms with Crippen molar-refractivity contribution < 1.29 is 13.2 Å². The molecule has 3 rings (SSSR count). The number of fused-ring (bicyclic) bond motifs is 2. The van der Waals surface area contributed by atoms with Gasteiger partial charge in [0.25, 0.3) is 5.91 Å². The fourth-order valence-corrected chi connectivity index (χ4v) is 5.40. The van der Waals surface area contributed by atoms with E-state index in [1.165, 1.54) is 4.31 Å². The highest BCUT2D eigenvalue weighted by molar-refractivity contribution is 7.89. The summed E-state index contributed by atoms with van der Waals surface area (Å²) in [6.45, 7) is 6.31. The fourth-order valence-electron chi connectivity index (χ4n) is 3.95. The van der Waals surface area contributed by atoms with Gasteiger partial charge in [0.05, 0.1) is 4.90 Å². The first-order chi connectivity index (χ1) is 12.0. The van der Waals surface area contributed by atoms with Crippen LogP contribution >= 0.6 is 0 Å². The van der Waals surface area contributed by atoms with Crippen molar-refractivity contribution in [2.24, 2.45) is 0 Å². The summed E-state index contributed by atoms with van der Waals surface area (Å²) in [7, 11) is -3.49. The molecule has 2 saturated heterocycles. The molecule has 0 radical (unpaired) electrons. The maximum Gasteiger partial charge on any atom is 0.254 e. The third-order valence-corrected chi connectivity index (χ3v) is 7.40. The average Bonchev–Trinajstić information content (AvgIpc) is 2.88. The third-order valence-electron chi connectivity index (χ3n) is 5.33. The van der Waals surface area contributed by atoms with E-state index in [0.29, 0.717) is 24.7 Å². The van der Waals surface area contributed by atoms with E-state index in [4.69, 9.17) is 0 Å². The zero-order chi connectivity index (χ0) is 18.0. The number of carbonyl (C=O) groups excluding carboxylic acids is 1. The van der Waals surface area contributed by atoms with Gasteiger partial charge in [0.2, 0.25) is 10.0 Å². The second-order valence-corrected chi connectivity index (χ2v) is 8.64. The molecule has 1 amide bonds. The predicted octanol–water partition coefficient (Wildman–Crippen LogP) is 1.68. The summed E-state index contributed by atoms with van der Waals surface area (Å²) in [6.07, 6.45) is 3.08. The van der Waals surface area contributed by atoms with E-state index in [2.05, 4.69) is 5.32 Å². The molecule has 138 valence electrons. The highest BCUT2D eigenvalue weighted by Gasteiger charge is 2.38. The van der Waals surface area contributed by atoms with Gasteiger partial charge < -0.3 is 10.2 Å². The van der Waals surface area contributed by atoms with Gasteiger partial charge in [0.15, 0.2) is 0 Å². The number of sulfonamides is 1. The van der Waals surface area contributed by atoms with Crippen molar-refractivity contribution in [3.63, 3.8) is 0 Å². The van der Waals surface area contributed by atoms with Crippen molar-refractivity contribution in [2.75, 3.05) is 26.2 Å². The molecule has 0 aliphatic carbocycles. The fraction of sp³-hybridized carbons (Fsp3) is 0.611. The number of hydrogen-bond acceptors (Lipinski definition) is 4. The summed E-state index contributed by atoms with van der Waals surface area (Å²) in [4.78, 5) is 15.2. The van der Waals surface area contributed by atoms with Crippen molar-refractivity contribution in [3.8, 4) is 0 Å². The molecule has 1 aromatic carbocycles. The van der Waals surface area contributed by atoms with Crippen molar-refractivity contribution in [2.45, 2.75) is 50.1 Å². The van der Waals surface area contributed by atoms with Crippen molar-refractivity contribution in [3.05, 3.63) is 29.8 Å². The number of amides is 1. The third kappa shape index (κ3) is 3.45. The summed E-state index contributed by atoms with van der Waals surface area (Å²) in [5, 5.41) is 3.39. The summed E-state index contributed by atoms with van der Waals surface area (Å²) in [5.74, 6) is 0.0167. The highest BCUT2D eigenvalue weighted by Crippen LogP contribution is 2.29. The molecule has 2 aliphatic heterocycles. The number of nitrogens with one attached hydrogen (secondary N) is 1.